The predicted octanol–water partition coefficient (Wildman–Crippen LogP) is 3.34. The van der Waals surface area contributed by atoms with Gasteiger partial charge in [0.05, 0.1) is 38.4 Å². The second kappa shape index (κ2) is 10.0. The van der Waals surface area contributed by atoms with Gasteiger partial charge in [-0.05, 0) is 48.5 Å². The maximum absolute atomic E-state index is 11.7. The van der Waals surface area contributed by atoms with Crippen molar-refractivity contribution in [3.63, 3.8) is 0 Å². The molecule has 0 bridgehead atoms. The quantitative estimate of drug-likeness (QED) is 0.748. The van der Waals surface area contributed by atoms with Crippen LogP contribution in [0.3, 0.4) is 0 Å². The molecular weight excluding hydrogens is 388 g/mol. The van der Waals surface area contributed by atoms with Gasteiger partial charge in [0.2, 0.25) is 0 Å². The number of hydrogen-bond acceptors (Lipinski definition) is 6. The van der Waals surface area contributed by atoms with Gasteiger partial charge in [-0.1, -0.05) is 0 Å². The first-order valence-corrected chi connectivity index (χ1v) is 10.6. The molecule has 0 spiro atoms. The highest BCUT2D eigenvalue weighted by Crippen LogP contribution is 2.15. The molecule has 0 amide bonds. The summed E-state index contributed by atoms with van der Waals surface area (Å²) in [6, 6.07) is -0.0613. The van der Waals surface area contributed by atoms with Gasteiger partial charge in [-0.25, -0.2) is 23.1 Å². The Morgan fingerprint density at radius 2 is 1.63 bits per heavy atom. The van der Waals surface area contributed by atoms with Crippen LogP contribution in [0.5, 0.6) is 0 Å². The lowest BCUT2D eigenvalue weighted by Crippen LogP contribution is -2.34. The molecule has 0 aliphatic carbocycles. The van der Waals surface area contributed by atoms with E-state index in [9.17, 15) is 8.42 Å². The summed E-state index contributed by atoms with van der Waals surface area (Å²) in [7, 11) is -2.32. The highest BCUT2D eigenvalue weighted by molar-refractivity contribution is 7.85. The largest absolute Gasteiger partial charge is 0.451 e. The van der Waals surface area contributed by atoms with E-state index in [1.165, 1.54) is 25.3 Å². The molecule has 0 saturated heterocycles. The molecule has 3 unspecified atom stereocenters. The van der Waals surface area contributed by atoms with Crippen molar-refractivity contribution in [2.45, 2.75) is 64.0 Å². The first kappa shape index (κ1) is 23.4. The number of nitrogens with zero attached hydrogens (tertiary/aromatic N) is 3. The zero-order valence-corrected chi connectivity index (χ0v) is 18.4. The normalized spacial score (nSPS) is 15.8. The Labute approximate surface area is 165 Å². The summed E-state index contributed by atoms with van der Waals surface area (Å²) < 4.78 is 38.9. The molecule has 2 rings (SSSR count). The third-order valence-electron chi connectivity index (χ3n) is 2.99. The number of rotatable bonds is 5. The smallest absolute Gasteiger partial charge is 0.181 e. The van der Waals surface area contributed by atoms with Crippen LogP contribution in [-0.2, 0) is 22.0 Å². The highest BCUT2D eigenvalue weighted by atomic mass is 32.2. The van der Waals surface area contributed by atoms with Crippen molar-refractivity contribution in [2.24, 2.45) is 4.40 Å². The van der Waals surface area contributed by atoms with Crippen LogP contribution in [0.1, 0.15) is 65.9 Å². The molecule has 0 aliphatic heterocycles. The molecule has 0 fully saturated rings. The van der Waals surface area contributed by atoms with Crippen molar-refractivity contribution in [1.29, 1.82) is 0 Å². The van der Waals surface area contributed by atoms with Gasteiger partial charge >= 0.3 is 0 Å². The first-order valence-electron chi connectivity index (χ1n) is 8.31. The maximum atomic E-state index is 11.7. The molecule has 152 valence electrons. The molecule has 27 heavy (non-hydrogen) atoms. The van der Waals surface area contributed by atoms with Crippen LogP contribution in [-0.4, -0.2) is 34.1 Å². The van der Waals surface area contributed by atoms with E-state index in [4.69, 9.17) is 8.83 Å². The van der Waals surface area contributed by atoms with Crippen LogP contribution in [0.4, 0.5) is 0 Å². The number of aromatic nitrogens is 2. The van der Waals surface area contributed by atoms with Crippen LogP contribution in [0.15, 0.2) is 38.5 Å². The van der Waals surface area contributed by atoms with Gasteiger partial charge in [0.25, 0.3) is 0 Å². The molecule has 2 aromatic rings. The van der Waals surface area contributed by atoms with Gasteiger partial charge in [-0.3, -0.25) is 0 Å². The van der Waals surface area contributed by atoms with Crippen LogP contribution in [0.25, 0.3) is 0 Å². The Morgan fingerprint density at radius 1 is 1.04 bits per heavy atom. The van der Waals surface area contributed by atoms with Crippen molar-refractivity contribution < 1.29 is 17.3 Å². The molecule has 2 aromatic heterocycles. The molecular formula is C17H28N4O4S2. The summed E-state index contributed by atoms with van der Waals surface area (Å²) in [4.78, 5) is 7.81. The van der Waals surface area contributed by atoms with Gasteiger partial charge in [0.15, 0.2) is 12.8 Å². The second-order valence-electron chi connectivity index (χ2n) is 7.64. The van der Waals surface area contributed by atoms with Gasteiger partial charge in [0.1, 0.15) is 29.2 Å². The minimum absolute atomic E-state index is 0.0613. The second-order valence-corrected chi connectivity index (χ2v) is 11.6. The average Bonchev–Trinajstić information content (AvgIpc) is 3.24. The lowest BCUT2D eigenvalue weighted by Gasteiger charge is -2.20. The highest BCUT2D eigenvalue weighted by Gasteiger charge is 2.22. The molecule has 0 saturated carbocycles. The van der Waals surface area contributed by atoms with E-state index in [1.807, 2.05) is 48.5 Å². The van der Waals surface area contributed by atoms with Crippen molar-refractivity contribution in [2.75, 3.05) is 0 Å². The van der Waals surface area contributed by atoms with Crippen LogP contribution < -0.4 is 4.72 Å². The topological polar surface area (TPSA) is 111 Å². The van der Waals surface area contributed by atoms with Gasteiger partial charge in [-0.2, -0.15) is 4.40 Å². The summed E-state index contributed by atoms with van der Waals surface area (Å²) in [5.74, 6) is 0. The third kappa shape index (κ3) is 8.72. The molecule has 2 heterocycles. The van der Waals surface area contributed by atoms with Crippen molar-refractivity contribution in [3.05, 3.63) is 36.7 Å². The first-order chi connectivity index (χ1) is 12.4. The molecule has 3 atom stereocenters. The number of hydrogen-bond donors (Lipinski definition) is 1. The van der Waals surface area contributed by atoms with E-state index in [2.05, 4.69) is 19.1 Å². The van der Waals surface area contributed by atoms with E-state index in [1.54, 1.807) is 6.26 Å². The lowest BCUT2D eigenvalue weighted by molar-refractivity contribution is 0.553. The molecule has 10 heteroatoms. The number of nitrogens with one attached hydrogen (secondary N) is 1. The Balaban J connectivity index is 0.000000271. The zero-order chi connectivity index (χ0) is 20.7. The minimum Gasteiger partial charge on any atom is -0.451 e. The fourth-order valence-electron chi connectivity index (χ4n) is 1.38. The fraction of sp³-hybridized carbons (Fsp3) is 0.588. The molecule has 0 aromatic carbocycles. The Morgan fingerprint density at radius 3 is 2.07 bits per heavy atom. The minimum atomic E-state index is -1.23. The molecule has 0 radical (unpaired) electrons. The molecule has 1 N–H and O–H groups in total. The van der Waals surface area contributed by atoms with Crippen LogP contribution in [0.2, 0.25) is 0 Å². The summed E-state index contributed by atoms with van der Waals surface area (Å²) in [5, 5.41) is 0. The van der Waals surface area contributed by atoms with E-state index in [0.717, 1.165) is 5.69 Å². The summed E-state index contributed by atoms with van der Waals surface area (Å²) in [5.41, 5.74) is 1.35. The van der Waals surface area contributed by atoms with E-state index >= 15 is 0 Å². The standard InChI is InChI=1S/C9H16N2O2S.C8H12N2O2S/c1-7(8-5-13-6-10-8)11-14(12)9(2,3)4;1-8(2,3)13(11)10-4-7-5-12-6-9-7/h5-7,11H,1-4H3;4-6H,1-3H3. The zero-order valence-electron chi connectivity index (χ0n) is 16.8. The summed E-state index contributed by atoms with van der Waals surface area (Å²) >= 11 is 0. The third-order valence-corrected chi connectivity index (χ3v) is 6.02. The fourth-order valence-corrected chi connectivity index (χ4v) is 2.69. The summed E-state index contributed by atoms with van der Waals surface area (Å²) in [6.07, 6.45) is 7.13. The van der Waals surface area contributed by atoms with E-state index < -0.39 is 22.0 Å². The maximum Gasteiger partial charge on any atom is 0.181 e. The lowest BCUT2D eigenvalue weighted by atomic mass is 10.3. The number of oxazole rings is 2. The van der Waals surface area contributed by atoms with Crippen molar-refractivity contribution in [3.8, 4) is 0 Å². The van der Waals surface area contributed by atoms with E-state index in [0.29, 0.717) is 5.69 Å². The van der Waals surface area contributed by atoms with Gasteiger partial charge in [0, 0.05) is 0 Å². The predicted molar refractivity (Wildman–Crippen MR) is 108 cm³/mol. The Bertz CT molecular complexity index is 745. The molecule has 0 aliphatic rings. The van der Waals surface area contributed by atoms with Gasteiger partial charge in [-0.15, -0.1) is 0 Å². The Kier molecular flexibility index (Phi) is 8.70. The van der Waals surface area contributed by atoms with E-state index in [-0.39, 0.29) is 15.5 Å². The average molecular weight is 417 g/mol. The SMILES string of the molecule is CC(C)(C)S(=O)N=Cc1cocn1.CC(NS(=O)C(C)(C)C)c1cocn1. The monoisotopic (exact) mass is 416 g/mol. The summed E-state index contributed by atoms with van der Waals surface area (Å²) in [6.45, 7) is 13.3. The van der Waals surface area contributed by atoms with Crippen molar-refractivity contribution in [1.82, 2.24) is 14.7 Å². The van der Waals surface area contributed by atoms with Crippen LogP contribution in [0, 0.1) is 0 Å². The Hall–Kier alpha value is -1.65. The van der Waals surface area contributed by atoms with Crippen molar-refractivity contribution >= 4 is 28.2 Å². The van der Waals surface area contributed by atoms with Gasteiger partial charge < -0.3 is 8.83 Å². The van der Waals surface area contributed by atoms with Crippen LogP contribution >= 0.6 is 0 Å². The molecule has 8 nitrogen and oxygen atoms in total.